The van der Waals surface area contributed by atoms with Gasteiger partial charge in [0.25, 0.3) is 11.8 Å². The molecule has 8 nitrogen and oxygen atoms in total. The van der Waals surface area contributed by atoms with Gasteiger partial charge in [0.15, 0.2) is 0 Å². The van der Waals surface area contributed by atoms with E-state index in [9.17, 15) is 9.59 Å². The fourth-order valence-corrected chi connectivity index (χ4v) is 10.6. The van der Waals surface area contributed by atoms with Crippen molar-refractivity contribution >= 4 is 59.7 Å². The predicted molar refractivity (Wildman–Crippen MR) is 202 cm³/mol. The zero-order valence-electron chi connectivity index (χ0n) is 27.3. The molecular weight excluding hydrogens is 658 g/mol. The zero-order chi connectivity index (χ0) is 34.1. The molecule has 1 saturated carbocycles. The Morgan fingerprint density at radius 2 is 0.800 bits per heavy atom. The summed E-state index contributed by atoms with van der Waals surface area (Å²) in [7, 11) is -2.03. The van der Waals surface area contributed by atoms with Gasteiger partial charge in [-0.3, -0.25) is 19.6 Å². The summed E-state index contributed by atoms with van der Waals surface area (Å²) >= 11 is 0. The highest BCUT2D eigenvalue weighted by atomic mass is 31.1. The second-order valence-corrected chi connectivity index (χ2v) is 16.3. The largest absolute Gasteiger partial charge is 0.346 e. The number of hydrogen-bond donors (Lipinski definition) is 2. The van der Waals surface area contributed by atoms with Gasteiger partial charge in [-0.05, 0) is 34.1 Å². The number of carbonyl (C=O) groups excluding carboxylic acids is 2. The molecule has 0 bridgehead atoms. The Bertz CT molecular complexity index is 1810. The summed E-state index contributed by atoms with van der Waals surface area (Å²) in [6.45, 7) is 0. The van der Waals surface area contributed by atoms with E-state index in [-0.39, 0.29) is 35.3 Å². The van der Waals surface area contributed by atoms with Crippen molar-refractivity contribution in [2.75, 3.05) is 0 Å². The van der Waals surface area contributed by atoms with E-state index in [1.165, 1.54) is 12.4 Å². The fraction of sp³-hybridized carbons (Fsp3) is 0.150. The Labute approximate surface area is 294 Å². The lowest BCUT2D eigenvalue weighted by Gasteiger charge is -2.32. The molecule has 7 rings (SSSR count). The molecule has 0 radical (unpaired) electrons. The van der Waals surface area contributed by atoms with Crippen LogP contribution in [0.1, 0.15) is 46.7 Å². The third-order valence-corrected chi connectivity index (χ3v) is 13.2. The quantitative estimate of drug-likeness (QED) is 0.208. The van der Waals surface area contributed by atoms with E-state index in [1.807, 2.05) is 72.8 Å². The van der Waals surface area contributed by atoms with Crippen molar-refractivity contribution in [3.05, 3.63) is 158 Å². The Hall–Kier alpha value is -5.16. The van der Waals surface area contributed by atoms with Crippen molar-refractivity contribution in [3.63, 3.8) is 0 Å². The fourth-order valence-electron chi connectivity index (χ4n) is 6.24. The first kappa shape index (κ1) is 33.3. The molecule has 248 valence electrons. The lowest BCUT2D eigenvalue weighted by atomic mass is 9.90. The van der Waals surface area contributed by atoms with Crippen LogP contribution in [-0.2, 0) is 0 Å². The Kier molecular flexibility index (Phi) is 10.7. The van der Waals surface area contributed by atoms with Crippen LogP contribution in [0.15, 0.2) is 146 Å². The first-order valence-corrected chi connectivity index (χ1v) is 19.4. The van der Waals surface area contributed by atoms with Crippen molar-refractivity contribution in [2.45, 2.75) is 37.8 Å². The Morgan fingerprint density at radius 3 is 1.12 bits per heavy atom. The topological polar surface area (TPSA) is 110 Å². The molecule has 2 aromatic heterocycles. The normalized spacial score (nSPS) is 15.8. The molecule has 4 aromatic carbocycles. The molecule has 1 aliphatic carbocycles. The number of nitrogens with zero attached hydrogens (tertiary/aromatic N) is 4. The van der Waals surface area contributed by atoms with Crippen LogP contribution in [0.5, 0.6) is 0 Å². The van der Waals surface area contributed by atoms with Gasteiger partial charge in [0.05, 0.1) is 35.7 Å². The van der Waals surface area contributed by atoms with Gasteiger partial charge in [0.1, 0.15) is 11.4 Å². The number of benzene rings is 4. The van der Waals surface area contributed by atoms with Crippen LogP contribution in [0.2, 0.25) is 0 Å². The summed E-state index contributed by atoms with van der Waals surface area (Å²) in [5.41, 5.74) is 2.02. The van der Waals surface area contributed by atoms with Crippen molar-refractivity contribution in [3.8, 4) is 0 Å². The summed E-state index contributed by atoms with van der Waals surface area (Å²) in [5.74, 6) is -0.612. The van der Waals surface area contributed by atoms with Crippen molar-refractivity contribution in [1.82, 2.24) is 30.6 Å². The third kappa shape index (κ3) is 7.83. The van der Waals surface area contributed by atoms with Crippen molar-refractivity contribution < 1.29 is 9.59 Å². The van der Waals surface area contributed by atoms with Gasteiger partial charge < -0.3 is 10.6 Å². The number of nitrogens with one attached hydrogen (secondary N) is 2. The predicted octanol–water partition coefficient (Wildman–Crippen LogP) is 4.25. The summed E-state index contributed by atoms with van der Waals surface area (Å²) < 4.78 is 0. The molecule has 6 aromatic rings. The van der Waals surface area contributed by atoms with Crippen LogP contribution in [0.3, 0.4) is 0 Å². The number of carbonyl (C=O) groups is 2. The lowest BCUT2D eigenvalue weighted by molar-refractivity contribution is 0.0857. The molecule has 50 heavy (non-hydrogen) atoms. The molecule has 10 heteroatoms. The van der Waals surface area contributed by atoms with E-state index in [1.54, 1.807) is 12.4 Å². The van der Waals surface area contributed by atoms with Crippen LogP contribution < -0.4 is 42.7 Å². The van der Waals surface area contributed by atoms with E-state index in [0.717, 1.165) is 57.8 Å². The van der Waals surface area contributed by atoms with Gasteiger partial charge >= 0.3 is 0 Å². The molecule has 0 aliphatic heterocycles. The van der Waals surface area contributed by atoms with E-state index in [4.69, 9.17) is 9.97 Å². The molecule has 0 saturated heterocycles. The van der Waals surface area contributed by atoms with E-state index in [2.05, 4.69) is 69.1 Å². The van der Waals surface area contributed by atoms with Crippen LogP contribution in [-0.4, -0.2) is 43.8 Å². The minimum atomic E-state index is -1.01. The zero-order valence-corrected chi connectivity index (χ0v) is 29.1. The minimum absolute atomic E-state index is 0.256. The number of hydrogen-bond acceptors (Lipinski definition) is 6. The smallest absolute Gasteiger partial charge is 0.271 e. The molecule has 1 fully saturated rings. The molecule has 0 spiro atoms. The van der Waals surface area contributed by atoms with Crippen molar-refractivity contribution in [1.29, 1.82) is 0 Å². The van der Waals surface area contributed by atoms with Gasteiger partial charge in [0, 0.05) is 27.9 Å². The lowest BCUT2D eigenvalue weighted by Crippen LogP contribution is -2.53. The molecule has 2 amide bonds. The average Bonchev–Trinajstić information content (AvgIpc) is 3.18. The molecule has 2 N–H and O–H groups in total. The Morgan fingerprint density at radius 1 is 0.480 bits per heavy atom. The van der Waals surface area contributed by atoms with Crippen LogP contribution >= 0.6 is 15.8 Å². The standard InChI is InChI=1S/C40H36N6O2P2/c47-39(35-25-41-27-37(43-35)49(29-15-5-1-6-16-29)30-17-7-2-8-18-30)45-33-23-13-14-24-34(33)46-40(48)36-26-42-28-38(44-36)50(31-19-9-3-10-20-31)32-21-11-4-12-22-32/h1-12,15-22,25-28,33-34H,13-14,23-24H2,(H,45,47)(H,46,48)/t33-,34-/m0/s1. The molecule has 0 unspecified atom stereocenters. The second-order valence-electron chi connectivity index (χ2n) is 12.0. The van der Waals surface area contributed by atoms with Gasteiger partial charge in [-0.15, -0.1) is 0 Å². The molecular formula is C40H36N6O2P2. The Balaban J connectivity index is 1.09. The summed E-state index contributed by atoms with van der Waals surface area (Å²) in [6.07, 6.45) is 9.90. The second kappa shape index (κ2) is 16.0. The highest BCUT2D eigenvalue weighted by Crippen LogP contribution is 2.32. The SMILES string of the molecule is O=C(N[C@H]1CCCC[C@@H]1NC(=O)c1cncc(P(c2ccccc2)c2ccccc2)n1)c1cncc(P(c2ccccc2)c2ccccc2)n1. The number of aromatic nitrogens is 4. The summed E-state index contributed by atoms with van der Waals surface area (Å²) in [6, 6.07) is 40.3. The first-order chi connectivity index (χ1) is 24.6. The van der Waals surface area contributed by atoms with Crippen LogP contribution in [0, 0.1) is 0 Å². The maximum Gasteiger partial charge on any atom is 0.271 e. The summed E-state index contributed by atoms with van der Waals surface area (Å²) in [4.78, 5) is 46.0. The van der Waals surface area contributed by atoms with Crippen LogP contribution in [0.25, 0.3) is 0 Å². The molecule has 2 heterocycles. The van der Waals surface area contributed by atoms with E-state index >= 15 is 0 Å². The monoisotopic (exact) mass is 694 g/mol. The highest BCUT2D eigenvalue weighted by Gasteiger charge is 2.30. The third-order valence-electron chi connectivity index (χ3n) is 8.62. The van der Waals surface area contributed by atoms with Gasteiger partial charge in [-0.2, -0.15) is 0 Å². The van der Waals surface area contributed by atoms with Gasteiger partial charge in [-0.25, -0.2) is 9.97 Å². The van der Waals surface area contributed by atoms with E-state index < -0.39 is 15.8 Å². The summed E-state index contributed by atoms with van der Waals surface area (Å²) in [5, 5.41) is 10.9. The number of amides is 2. The van der Waals surface area contributed by atoms with E-state index in [0.29, 0.717) is 0 Å². The average molecular weight is 695 g/mol. The maximum absolute atomic E-state index is 13.7. The molecule has 2 atom stereocenters. The molecule has 1 aliphatic rings. The van der Waals surface area contributed by atoms with Crippen molar-refractivity contribution in [2.24, 2.45) is 0 Å². The number of rotatable bonds is 10. The maximum atomic E-state index is 13.7. The van der Waals surface area contributed by atoms with Crippen LogP contribution in [0.4, 0.5) is 0 Å². The first-order valence-electron chi connectivity index (χ1n) is 16.7. The van der Waals surface area contributed by atoms with Gasteiger partial charge in [-0.1, -0.05) is 134 Å². The van der Waals surface area contributed by atoms with Gasteiger partial charge in [0.2, 0.25) is 0 Å². The minimum Gasteiger partial charge on any atom is -0.346 e. The highest BCUT2D eigenvalue weighted by molar-refractivity contribution is 7.80.